The van der Waals surface area contributed by atoms with Crippen LogP contribution in [0, 0.1) is 17.2 Å². The Balaban J connectivity index is 1.24. The highest BCUT2D eigenvalue weighted by Gasteiger charge is 2.50. The number of sulfonamides is 1. The van der Waals surface area contributed by atoms with Crippen LogP contribution in [0.2, 0.25) is 0 Å². The summed E-state index contributed by atoms with van der Waals surface area (Å²) in [4.78, 5) is 6.74. The van der Waals surface area contributed by atoms with Gasteiger partial charge in [-0.05, 0) is 106 Å². The van der Waals surface area contributed by atoms with E-state index in [-0.39, 0.29) is 23.3 Å². The SMILES string of the molecule is COc1cc(F)ccc1N1CCN(S(=O)(=O)N2CCCN(CC3CCCCC3)CCCN(S(=O)(=O)c3ccc(N(C)C)cc3)CC3(CC3)C2)[C@@H](C)C1. The van der Waals surface area contributed by atoms with E-state index in [1.165, 1.54) is 51.3 Å². The predicted octanol–water partition coefficient (Wildman–Crippen LogP) is 5.10. The van der Waals surface area contributed by atoms with Gasteiger partial charge in [-0.25, -0.2) is 12.8 Å². The molecule has 290 valence electrons. The van der Waals surface area contributed by atoms with E-state index in [1.807, 2.05) is 38.1 Å². The second-order valence-corrected chi connectivity index (χ2v) is 19.6. The lowest BCUT2D eigenvalue weighted by atomic mass is 9.89. The minimum absolute atomic E-state index is 0.272. The molecule has 0 unspecified atom stereocenters. The van der Waals surface area contributed by atoms with Gasteiger partial charge in [-0.15, -0.1) is 0 Å². The summed E-state index contributed by atoms with van der Waals surface area (Å²) in [5, 5.41) is 0. The van der Waals surface area contributed by atoms with Gasteiger partial charge < -0.3 is 19.4 Å². The number of ether oxygens (including phenoxy) is 1. The molecule has 6 rings (SSSR count). The van der Waals surface area contributed by atoms with E-state index in [0.29, 0.717) is 50.9 Å². The molecular formula is C38H59FN6O5S2. The van der Waals surface area contributed by atoms with Crippen LogP contribution in [-0.4, -0.2) is 127 Å². The molecule has 2 aliphatic carbocycles. The number of hydrogen-bond donors (Lipinski definition) is 0. The lowest BCUT2D eigenvalue weighted by Crippen LogP contribution is -2.58. The zero-order valence-electron chi connectivity index (χ0n) is 31.6. The first-order valence-corrected chi connectivity index (χ1v) is 22.0. The van der Waals surface area contributed by atoms with Crippen molar-refractivity contribution in [1.82, 2.24) is 17.8 Å². The summed E-state index contributed by atoms with van der Waals surface area (Å²) < 4.78 is 82.3. The number of hydrogen-bond acceptors (Lipinski definition) is 8. The van der Waals surface area contributed by atoms with Crippen molar-refractivity contribution in [1.29, 1.82) is 0 Å². The third kappa shape index (κ3) is 9.06. The van der Waals surface area contributed by atoms with Gasteiger partial charge in [-0.3, -0.25) is 0 Å². The van der Waals surface area contributed by atoms with Gasteiger partial charge in [-0.2, -0.15) is 21.3 Å². The van der Waals surface area contributed by atoms with Gasteiger partial charge in [0, 0.05) is 84.2 Å². The Labute approximate surface area is 311 Å². The third-order valence-corrected chi connectivity index (χ3v) is 15.6. The lowest BCUT2D eigenvalue weighted by molar-refractivity contribution is 0.173. The first kappa shape index (κ1) is 39.2. The van der Waals surface area contributed by atoms with Gasteiger partial charge in [0.25, 0.3) is 10.2 Å². The standard InChI is InChI=1S/C38H59FN6O5S2/c1-31-27-42(36-17-12-33(39)26-37(36)50-4)24-25-45(31)52(48,49)44-23-9-21-41(28-32-10-6-5-7-11-32)20-8-22-43(29-38(30-44)18-19-38)51(46,47)35-15-13-34(14-16-35)40(2)3/h12-17,26,31-32H,5-11,18-25,27-30H2,1-4H3/t31-/m0/s1. The largest absolute Gasteiger partial charge is 0.494 e. The first-order valence-electron chi connectivity index (χ1n) is 19.2. The Morgan fingerprint density at radius 2 is 1.48 bits per heavy atom. The molecule has 2 aromatic carbocycles. The number of rotatable bonds is 9. The van der Waals surface area contributed by atoms with E-state index in [9.17, 15) is 21.2 Å². The molecule has 2 aromatic rings. The van der Waals surface area contributed by atoms with E-state index < -0.39 is 25.6 Å². The van der Waals surface area contributed by atoms with E-state index >= 15 is 0 Å². The Morgan fingerprint density at radius 1 is 0.827 bits per heavy atom. The van der Waals surface area contributed by atoms with Crippen molar-refractivity contribution >= 4 is 31.6 Å². The fourth-order valence-corrected chi connectivity index (χ4v) is 12.0. The fourth-order valence-electron chi connectivity index (χ4n) is 8.45. The molecule has 0 N–H and O–H groups in total. The van der Waals surface area contributed by atoms with Crippen molar-refractivity contribution in [2.24, 2.45) is 11.3 Å². The van der Waals surface area contributed by atoms with E-state index in [2.05, 4.69) is 9.80 Å². The van der Waals surface area contributed by atoms with Gasteiger partial charge >= 0.3 is 0 Å². The van der Waals surface area contributed by atoms with Crippen LogP contribution in [0.1, 0.15) is 64.7 Å². The molecule has 2 saturated heterocycles. The second kappa shape index (κ2) is 16.5. The molecule has 0 bridgehead atoms. The van der Waals surface area contributed by atoms with E-state index in [1.54, 1.807) is 31.1 Å². The number of anilines is 2. The minimum Gasteiger partial charge on any atom is -0.494 e. The van der Waals surface area contributed by atoms with Crippen molar-refractivity contribution in [2.75, 3.05) is 96.5 Å². The van der Waals surface area contributed by atoms with Gasteiger partial charge in [0.1, 0.15) is 11.6 Å². The molecule has 4 aliphatic rings. The Kier molecular flexibility index (Phi) is 12.4. The smallest absolute Gasteiger partial charge is 0.282 e. The molecule has 0 aromatic heterocycles. The summed E-state index contributed by atoms with van der Waals surface area (Å²) in [7, 11) is -2.33. The van der Waals surface area contributed by atoms with Crippen molar-refractivity contribution in [3.05, 3.63) is 48.3 Å². The Hall–Kier alpha value is -2.49. The first-order chi connectivity index (χ1) is 24.8. The number of methoxy groups -OCH3 is 1. The number of piperazine rings is 1. The molecule has 1 spiro atoms. The predicted molar refractivity (Wildman–Crippen MR) is 205 cm³/mol. The fraction of sp³-hybridized carbons (Fsp3) is 0.684. The number of halogens is 1. The zero-order valence-corrected chi connectivity index (χ0v) is 33.2. The maximum absolute atomic E-state index is 14.7. The summed E-state index contributed by atoms with van der Waals surface area (Å²) in [5.41, 5.74) is 1.24. The highest BCUT2D eigenvalue weighted by molar-refractivity contribution is 7.89. The molecule has 11 nitrogen and oxygen atoms in total. The zero-order chi connectivity index (χ0) is 37.1. The molecule has 0 amide bonds. The molecule has 52 heavy (non-hydrogen) atoms. The highest BCUT2D eigenvalue weighted by Crippen LogP contribution is 2.48. The molecule has 2 aliphatic heterocycles. The molecule has 0 radical (unpaired) electrons. The van der Waals surface area contributed by atoms with Crippen LogP contribution in [-0.2, 0) is 20.2 Å². The van der Waals surface area contributed by atoms with Gasteiger partial charge in [-0.1, -0.05) is 19.3 Å². The summed E-state index contributed by atoms with van der Waals surface area (Å²) in [6.07, 6.45) is 9.27. The van der Waals surface area contributed by atoms with Crippen LogP contribution < -0.4 is 14.5 Å². The van der Waals surface area contributed by atoms with Crippen molar-refractivity contribution in [3.63, 3.8) is 0 Å². The van der Waals surface area contributed by atoms with E-state index in [0.717, 1.165) is 56.7 Å². The maximum Gasteiger partial charge on any atom is 0.282 e. The van der Waals surface area contributed by atoms with Crippen molar-refractivity contribution < 1.29 is 26.0 Å². The Bertz CT molecular complexity index is 1720. The normalized spacial score (nSPS) is 23.9. The van der Waals surface area contributed by atoms with Gasteiger partial charge in [0.2, 0.25) is 10.0 Å². The number of nitrogens with zero attached hydrogens (tertiary/aromatic N) is 6. The van der Waals surface area contributed by atoms with Crippen molar-refractivity contribution in [3.8, 4) is 5.75 Å². The summed E-state index contributed by atoms with van der Waals surface area (Å²) in [6, 6.07) is 11.2. The number of benzene rings is 2. The second-order valence-electron chi connectivity index (χ2n) is 15.8. The summed E-state index contributed by atoms with van der Waals surface area (Å²) >= 11 is 0. The van der Waals surface area contributed by atoms with Crippen LogP contribution in [0.15, 0.2) is 47.4 Å². The molecular weight excluding hydrogens is 704 g/mol. The van der Waals surface area contributed by atoms with Gasteiger partial charge in [0.05, 0.1) is 17.7 Å². The molecule has 2 heterocycles. The van der Waals surface area contributed by atoms with Crippen LogP contribution >= 0.6 is 0 Å². The summed E-state index contributed by atoms with van der Waals surface area (Å²) in [5.74, 6) is 0.668. The van der Waals surface area contributed by atoms with E-state index in [4.69, 9.17) is 4.74 Å². The maximum atomic E-state index is 14.7. The van der Waals surface area contributed by atoms with Crippen molar-refractivity contribution in [2.45, 2.75) is 75.6 Å². The topological polar surface area (TPSA) is 97.0 Å². The van der Waals surface area contributed by atoms with Crippen LogP contribution in [0.3, 0.4) is 0 Å². The molecule has 14 heteroatoms. The van der Waals surface area contributed by atoms with Gasteiger partial charge in [0.15, 0.2) is 0 Å². The average molecular weight is 763 g/mol. The third-order valence-electron chi connectivity index (χ3n) is 11.6. The average Bonchev–Trinajstić information content (AvgIpc) is 3.89. The minimum atomic E-state index is -3.89. The monoisotopic (exact) mass is 762 g/mol. The molecule has 2 saturated carbocycles. The lowest BCUT2D eigenvalue weighted by Gasteiger charge is -2.43. The van der Waals surface area contributed by atoms with Crippen LogP contribution in [0.4, 0.5) is 15.8 Å². The van der Waals surface area contributed by atoms with Crippen LogP contribution in [0.5, 0.6) is 5.75 Å². The quantitative estimate of drug-likeness (QED) is 0.349. The molecule has 4 fully saturated rings. The highest BCUT2D eigenvalue weighted by atomic mass is 32.2. The Morgan fingerprint density at radius 3 is 2.10 bits per heavy atom. The summed E-state index contributed by atoms with van der Waals surface area (Å²) in [6.45, 7) is 7.01. The van der Waals surface area contributed by atoms with Crippen LogP contribution in [0.25, 0.3) is 0 Å². The molecule has 1 atom stereocenters.